The quantitative estimate of drug-likeness (QED) is 0.252. The molecule has 6 nitrogen and oxygen atoms in total. The zero-order valence-electron chi connectivity index (χ0n) is 15.8. The molecular formula is C22H16Cl2N2O4. The molecule has 0 saturated heterocycles. The second-order valence-corrected chi connectivity index (χ2v) is 6.89. The summed E-state index contributed by atoms with van der Waals surface area (Å²) in [5.41, 5.74) is 3.85. The van der Waals surface area contributed by atoms with Crippen molar-refractivity contribution in [2.45, 2.75) is 0 Å². The topological polar surface area (TPSA) is 77.0 Å². The number of nitrogens with one attached hydrogen (secondary N) is 1. The van der Waals surface area contributed by atoms with Gasteiger partial charge in [-0.25, -0.2) is 10.2 Å². The molecule has 152 valence electrons. The van der Waals surface area contributed by atoms with Crippen LogP contribution in [0.1, 0.15) is 26.3 Å². The zero-order valence-corrected chi connectivity index (χ0v) is 17.3. The number of nitrogens with zero attached hydrogens (tertiary/aromatic N) is 1. The number of esters is 1. The summed E-state index contributed by atoms with van der Waals surface area (Å²) in [5.74, 6) is -0.324. The van der Waals surface area contributed by atoms with E-state index >= 15 is 0 Å². The Balaban J connectivity index is 1.66. The minimum absolute atomic E-state index is 0.250. The molecule has 3 aromatic carbocycles. The highest BCUT2D eigenvalue weighted by Gasteiger charge is 2.13. The summed E-state index contributed by atoms with van der Waals surface area (Å²) >= 11 is 11.6. The summed E-state index contributed by atoms with van der Waals surface area (Å²) in [6.07, 6.45) is 1.45. The first-order valence-corrected chi connectivity index (χ1v) is 9.46. The highest BCUT2D eigenvalue weighted by Crippen LogP contribution is 2.28. The number of amides is 1. The van der Waals surface area contributed by atoms with Crippen LogP contribution in [-0.2, 0) is 0 Å². The van der Waals surface area contributed by atoms with Crippen LogP contribution in [0, 0.1) is 0 Å². The SMILES string of the molecule is COc1cc(/C=N\NC(=O)c2ccc(Cl)cc2)ccc1OC(=O)c1ccc(Cl)cc1. The molecule has 0 bridgehead atoms. The maximum Gasteiger partial charge on any atom is 0.343 e. The van der Waals surface area contributed by atoms with Crippen molar-refractivity contribution in [1.29, 1.82) is 0 Å². The van der Waals surface area contributed by atoms with Gasteiger partial charge >= 0.3 is 5.97 Å². The molecule has 0 radical (unpaired) electrons. The molecule has 0 heterocycles. The largest absolute Gasteiger partial charge is 0.493 e. The molecule has 0 spiro atoms. The first-order valence-electron chi connectivity index (χ1n) is 8.71. The number of carbonyl (C=O) groups excluding carboxylic acids is 2. The minimum Gasteiger partial charge on any atom is -0.493 e. The van der Waals surface area contributed by atoms with Gasteiger partial charge in [0, 0.05) is 15.6 Å². The first kappa shape index (κ1) is 21.4. The molecule has 3 aromatic rings. The Hall–Kier alpha value is -3.35. The van der Waals surface area contributed by atoms with Crippen LogP contribution < -0.4 is 14.9 Å². The van der Waals surface area contributed by atoms with E-state index in [1.807, 2.05) is 0 Å². The Morgan fingerprint density at radius 2 is 1.47 bits per heavy atom. The van der Waals surface area contributed by atoms with Crippen LogP contribution in [0.25, 0.3) is 0 Å². The van der Waals surface area contributed by atoms with Gasteiger partial charge in [-0.05, 0) is 72.3 Å². The lowest BCUT2D eigenvalue weighted by molar-refractivity contribution is 0.0729. The molecule has 0 saturated carbocycles. The van der Waals surface area contributed by atoms with Gasteiger partial charge in [0.2, 0.25) is 0 Å². The van der Waals surface area contributed by atoms with E-state index in [9.17, 15) is 9.59 Å². The highest BCUT2D eigenvalue weighted by atomic mass is 35.5. The van der Waals surface area contributed by atoms with E-state index in [1.165, 1.54) is 13.3 Å². The number of benzene rings is 3. The number of hydrazone groups is 1. The van der Waals surface area contributed by atoms with E-state index < -0.39 is 5.97 Å². The predicted octanol–water partition coefficient (Wildman–Crippen LogP) is 4.99. The summed E-state index contributed by atoms with van der Waals surface area (Å²) < 4.78 is 10.7. The van der Waals surface area contributed by atoms with Gasteiger partial charge in [-0.15, -0.1) is 0 Å². The van der Waals surface area contributed by atoms with Crippen molar-refractivity contribution < 1.29 is 19.1 Å². The molecule has 0 aliphatic heterocycles. The summed E-state index contributed by atoms with van der Waals surface area (Å²) in [6.45, 7) is 0. The van der Waals surface area contributed by atoms with E-state index in [4.69, 9.17) is 32.7 Å². The highest BCUT2D eigenvalue weighted by molar-refractivity contribution is 6.31. The van der Waals surface area contributed by atoms with Crippen molar-refractivity contribution in [3.63, 3.8) is 0 Å². The van der Waals surface area contributed by atoms with Gasteiger partial charge in [0.05, 0.1) is 18.9 Å². The number of rotatable bonds is 6. The number of halogens is 2. The molecule has 0 aliphatic carbocycles. The maximum absolute atomic E-state index is 12.3. The molecule has 0 atom stereocenters. The van der Waals surface area contributed by atoms with Gasteiger partial charge < -0.3 is 9.47 Å². The van der Waals surface area contributed by atoms with E-state index in [-0.39, 0.29) is 11.7 Å². The normalized spacial score (nSPS) is 10.6. The summed E-state index contributed by atoms with van der Waals surface area (Å²) in [4.78, 5) is 24.3. The molecular weight excluding hydrogens is 427 g/mol. The number of hydrogen-bond acceptors (Lipinski definition) is 5. The minimum atomic E-state index is -0.540. The predicted molar refractivity (Wildman–Crippen MR) is 116 cm³/mol. The smallest absolute Gasteiger partial charge is 0.343 e. The fourth-order valence-corrected chi connectivity index (χ4v) is 2.68. The monoisotopic (exact) mass is 442 g/mol. The van der Waals surface area contributed by atoms with Gasteiger partial charge in [-0.3, -0.25) is 4.79 Å². The van der Waals surface area contributed by atoms with Gasteiger partial charge in [0.1, 0.15) is 0 Å². The molecule has 1 amide bonds. The third-order valence-electron chi connectivity index (χ3n) is 3.96. The first-order chi connectivity index (χ1) is 14.5. The second kappa shape index (κ2) is 9.91. The van der Waals surface area contributed by atoms with Gasteiger partial charge in [0.15, 0.2) is 11.5 Å². The van der Waals surface area contributed by atoms with Crippen LogP contribution in [0.4, 0.5) is 0 Å². The standard InChI is InChI=1S/C22H16Cl2N2O4/c1-29-20-12-14(13-25-26-21(27)15-3-7-17(23)8-4-15)2-11-19(20)30-22(28)16-5-9-18(24)10-6-16/h2-13H,1H3,(H,26,27)/b25-13-. The van der Waals surface area contributed by atoms with E-state index in [0.29, 0.717) is 32.5 Å². The fourth-order valence-electron chi connectivity index (χ4n) is 2.42. The lowest BCUT2D eigenvalue weighted by Gasteiger charge is -2.10. The molecule has 8 heteroatoms. The van der Waals surface area contributed by atoms with Crippen molar-refractivity contribution in [3.8, 4) is 11.5 Å². The van der Waals surface area contributed by atoms with Crippen molar-refractivity contribution in [2.75, 3.05) is 7.11 Å². The average Bonchev–Trinajstić information content (AvgIpc) is 2.75. The third-order valence-corrected chi connectivity index (χ3v) is 4.46. The summed E-state index contributed by atoms with van der Waals surface area (Å²) in [6, 6.07) is 17.7. The van der Waals surface area contributed by atoms with E-state index in [2.05, 4.69) is 10.5 Å². The van der Waals surface area contributed by atoms with Crippen LogP contribution in [0.2, 0.25) is 10.0 Å². The van der Waals surface area contributed by atoms with E-state index in [1.54, 1.807) is 66.7 Å². The molecule has 0 aliphatic rings. The summed E-state index contributed by atoms with van der Waals surface area (Å²) in [5, 5.41) is 4.99. The third kappa shape index (κ3) is 5.59. The number of carbonyl (C=O) groups is 2. The molecule has 1 N–H and O–H groups in total. The van der Waals surface area contributed by atoms with Crippen molar-refractivity contribution >= 4 is 41.3 Å². The van der Waals surface area contributed by atoms with Crippen molar-refractivity contribution in [1.82, 2.24) is 5.43 Å². The number of ether oxygens (including phenoxy) is 2. The molecule has 30 heavy (non-hydrogen) atoms. The van der Waals surface area contributed by atoms with Crippen LogP contribution in [0.3, 0.4) is 0 Å². The Bertz CT molecular complexity index is 1080. The Kier molecular flexibility index (Phi) is 7.06. The van der Waals surface area contributed by atoms with Crippen LogP contribution >= 0.6 is 23.2 Å². The Labute approximate surface area is 183 Å². The van der Waals surface area contributed by atoms with Crippen molar-refractivity contribution in [2.24, 2.45) is 5.10 Å². The Morgan fingerprint density at radius 1 is 0.867 bits per heavy atom. The van der Waals surface area contributed by atoms with Crippen molar-refractivity contribution in [3.05, 3.63) is 93.5 Å². The molecule has 0 aromatic heterocycles. The lowest BCUT2D eigenvalue weighted by atomic mass is 10.2. The summed E-state index contributed by atoms with van der Waals surface area (Å²) in [7, 11) is 1.46. The second-order valence-electron chi connectivity index (χ2n) is 6.01. The molecule has 3 rings (SSSR count). The molecule has 0 unspecified atom stereocenters. The van der Waals surface area contributed by atoms with E-state index in [0.717, 1.165) is 0 Å². The van der Waals surface area contributed by atoms with Crippen LogP contribution in [0.5, 0.6) is 11.5 Å². The van der Waals surface area contributed by atoms with Crippen LogP contribution in [0.15, 0.2) is 71.8 Å². The fraction of sp³-hybridized carbons (Fsp3) is 0.0455. The lowest BCUT2D eigenvalue weighted by Crippen LogP contribution is -2.17. The Morgan fingerprint density at radius 3 is 2.07 bits per heavy atom. The number of methoxy groups -OCH3 is 1. The van der Waals surface area contributed by atoms with Crippen LogP contribution in [-0.4, -0.2) is 25.2 Å². The van der Waals surface area contributed by atoms with Gasteiger partial charge in [-0.2, -0.15) is 5.10 Å². The van der Waals surface area contributed by atoms with Gasteiger partial charge in [-0.1, -0.05) is 23.2 Å². The molecule has 0 fully saturated rings. The zero-order chi connectivity index (χ0) is 21.5. The number of hydrogen-bond donors (Lipinski definition) is 1. The average molecular weight is 443 g/mol. The van der Waals surface area contributed by atoms with Gasteiger partial charge in [0.25, 0.3) is 5.91 Å². The maximum atomic E-state index is 12.3.